The highest BCUT2D eigenvalue weighted by molar-refractivity contribution is 5.85. The summed E-state index contributed by atoms with van der Waals surface area (Å²) in [5.74, 6) is 0.210. The molecule has 0 N–H and O–H groups in total. The molecule has 1 aromatic carbocycles. The van der Waals surface area contributed by atoms with E-state index in [2.05, 4.69) is 15.1 Å². The first-order valence-electron chi connectivity index (χ1n) is 7.88. The van der Waals surface area contributed by atoms with Gasteiger partial charge in [-0.25, -0.2) is 9.18 Å². The zero-order valence-electron chi connectivity index (χ0n) is 13.9. The number of nitrogens with zero attached hydrogens (tertiary/aromatic N) is 4. The minimum Gasteiger partial charge on any atom is -0.450 e. The predicted molar refractivity (Wildman–Crippen MR) is 90.8 cm³/mol. The summed E-state index contributed by atoms with van der Waals surface area (Å²) in [4.78, 5) is 15.4. The van der Waals surface area contributed by atoms with Crippen LogP contribution in [-0.2, 0) is 11.3 Å². The molecule has 1 aliphatic heterocycles. The Morgan fingerprint density at radius 3 is 2.64 bits per heavy atom. The van der Waals surface area contributed by atoms with E-state index in [1.807, 2.05) is 0 Å². The van der Waals surface area contributed by atoms with Crippen molar-refractivity contribution in [1.82, 2.24) is 20.0 Å². The van der Waals surface area contributed by atoms with E-state index in [0.717, 1.165) is 0 Å². The largest absolute Gasteiger partial charge is 0.450 e. The lowest BCUT2D eigenvalue weighted by Gasteiger charge is -2.33. The molecule has 9 heteroatoms. The molecule has 0 saturated carbocycles. The molecule has 136 valence electrons. The zero-order chi connectivity index (χ0) is 16.9. The summed E-state index contributed by atoms with van der Waals surface area (Å²) in [6.45, 7) is 5.20. The number of amides is 1. The summed E-state index contributed by atoms with van der Waals surface area (Å²) < 4.78 is 24.3. The van der Waals surface area contributed by atoms with Gasteiger partial charge in [0.2, 0.25) is 5.89 Å². The number of aromatic nitrogens is 2. The number of halogens is 2. The van der Waals surface area contributed by atoms with Crippen molar-refractivity contribution in [2.75, 3.05) is 32.8 Å². The van der Waals surface area contributed by atoms with Crippen LogP contribution < -0.4 is 0 Å². The van der Waals surface area contributed by atoms with Gasteiger partial charge in [0.1, 0.15) is 5.82 Å². The highest BCUT2D eigenvalue weighted by Crippen LogP contribution is 2.21. The molecular formula is C16H20ClFN4O3. The molecule has 0 spiro atoms. The normalized spacial score (nSPS) is 14.9. The van der Waals surface area contributed by atoms with E-state index >= 15 is 0 Å². The summed E-state index contributed by atoms with van der Waals surface area (Å²) in [6, 6.07) is 6.29. The Morgan fingerprint density at radius 2 is 1.96 bits per heavy atom. The van der Waals surface area contributed by atoms with Crippen LogP contribution in [0.5, 0.6) is 0 Å². The van der Waals surface area contributed by atoms with E-state index in [1.54, 1.807) is 30.0 Å². The molecule has 1 fully saturated rings. The van der Waals surface area contributed by atoms with Crippen molar-refractivity contribution < 1.29 is 18.3 Å². The summed E-state index contributed by atoms with van der Waals surface area (Å²) in [7, 11) is 0. The highest BCUT2D eigenvalue weighted by Gasteiger charge is 2.23. The molecule has 2 heterocycles. The molecule has 3 rings (SSSR count). The van der Waals surface area contributed by atoms with Crippen LogP contribution in [-0.4, -0.2) is 58.9 Å². The molecular weight excluding hydrogens is 351 g/mol. The Kier molecular flexibility index (Phi) is 6.72. The smallest absolute Gasteiger partial charge is 0.409 e. The first-order valence-corrected chi connectivity index (χ1v) is 7.88. The summed E-state index contributed by atoms with van der Waals surface area (Å²) in [5, 5.41) is 7.89. The molecule has 0 aliphatic carbocycles. The fourth-order valence-electron chi connectivity index (χ4n) is 2.56. The van der Waals surface area contributed by atoms with Gasteiger partial charge >= 0.3 is 6.09 Å². The van der Waals surface area contributed by atoms with Gasteiger partial charge in [-0.05, 0) is 19.1 Å². The predicted octanol–water partition coefficient (Wildman–Crippen LogP) is 2.57. The first kappa shape index (κ1) is 19.1. The number of ether oxygens (including phenoxy) is 1. The Labute approximate surface area is 151 Å². The lowest BCUT2D eigenvalue weighted by Crippen LogP contribution is -2.48. The maximum absolute atomic E-state index is 13.7. The fraction of sp³-hybridized carbons (Fsp3) is 0.438. The van der Waals surface area contributed by atoms with Crippen molar-refractivity contribution in [2.45, 2.75) is 13.5 Å². The maximum atomic E-state index is 13.7. The summed E-state index contributed by atoms with van der Waals surface area (Å²) >= 11 is 0. The maximum Gasteiger partial charge on any atom is 0.409 e. The number of benzene rings is 1. The molecule has 2 aromatic rings. The van der Waals surface area contributed by atoms with E-state index < -0.39 is 5.82 Å². The van der Waals surface area contributed by atoms with E-state index in [1.165, 1.54) is 6.07 Å². The van der Waals surface area contributed by atoms with E-state index in [9.17, 15) is 9.18 Å². The van der Waals surface area contributed by atoms with Crippen LogP contribution in [0.4, 0.5) is 9.18 Å². The number of rotatable bonds is 4. The Morgan fingerprint density at radius 1 is 1.24 bits per heavy atom. The molecule has 0 bridgehead atoms. The van der Waals surface area contributed by atoms with Gasteiger partial charge in [-0.3, -0.25) is 4.90 Å². The van der Waals surface area contributed by atoms with Crippen molar-refractivity contribution in [3.05, 3.63) is 36.0 Å². The first-order chi connectivity index (χ1) is 11.7. The van der Waals surface area contributed by atoms with E-state index in [-0.39, 0.29) is 24.4 Å². The van der Waals surface area contributed by atoms with Gasteiger partial charge in [0.15, 0.2) is 0 Å². The number of hydrogen-bond acceptors (Lipinski definition) is 6. The third-order valence-corrected chi connectivity index (χ3v) is 3.83. The number of hydrogen-bond donors (Lipinski definition) is 0. The molecule has 0 radical (unpaired) electrons. The topological polar surface area (TPSA) is 71.7 Å². The lowest BCUT2D eigenvalue weighted by molar-refractivity contribution is 0.0756. The average Bonchev–Trinajstić information content (AvgIpc) is 3.04. The molecule has 25 heavy (non-hydrogen) atoms. The van der Waals surface area contributed by atoms with Crippen molar-refractivity contribution in [3.63, 3.8) is 0 Å². The van der Waals surface area contributed by atoms with Crippen LogP contribution in [0.25, 0.3) is 11.5 Å². The highest BCUT2D eigenvalue weighted by atomic mass is 35.5. The number of carbonyl (C=O) groups excluding carboxylic acids is 1. The lowest BCUT2D eigenvalue weighted by atomic mass is 10.2. The second-order valence-corrected chi connectivity index (χ2v) is 5.44. The van der Waals surface area contributed by atoms with Crippen molar-refractivity contribution in [1.29, 1.82) is 0 Å². The van der Waals surface area contributed by atoms with Crippen LogP contribution in [0, 0.1) is 5.82 Å². The standard InChI is InChI=1S/C16H19FN4O3.ClH/c1-2-23-16(22)21-9-7-20(8-10-21)11-14-18-19-15(24-14)12-5-3-4-6-13(12)17;/h3-6H,2,7-11H2,1H3;1H. The Hall–Kier alpha value is -2.19. The van der Waals surface area contributed by atoms with Crippen molar-refractivity contribution in [3.8, 4) is 11.5 Å². The number of carbonyl (C=O) groups is 1. The molecule has 1 aliphatic rings. The second-order valence-electron chi connectivity index (χ2n) is 5.44. The summed E-state index contributed by atoms with van der Waals surface area (Å²) in [6.07, 6.45) is -0.281. The van der Waals surface area contributed by atoms with Gasteiger partial charge in [-0.1, -0.05) is 12.1 Å². The Bertz CT molecular complexity index is 704. The van der Waals surface area contributed by atoms with Crippen molar-refractivity contribution in [2.24, 2.45) is 0 Å². The van der Waals surface area contributed by atoms with Crippen LogP contribution in [0.2, 0.25) is 0 Å². The number of piperazine rings is 1. The van der Waals surface area contributed by atoms with Gasteiger partial charge in [-0.15, -0.1) is 22.6 Å². The minimum absolute atomic E-state index is 0. The molecule has 0 atom stereocenters. The van der Waals surface area contributed by atoms with Gasteiger partial charge in [0.25, 0.3) is 5.89 Å². The quantitative estimate of drug-likeness (QED) is 0.823. The summed E-state index contributed by atoms with van der Waals surface area (Å²) in [5.41, 5.74) is 0.295. The third kappa shape index (κ3) is 4.67. The monoisotopic (exact) mass is 370 g/mol. The van der Waals surface area contributed by atoms with Crippen LogP contribution in [0.3, 0.4) is 0 Å². The van der Waals surface area contributed by atoms with Crippen LogP contribution >= 0.6 is 12.4 Å². The minimum atomic E-state index is -0.393. The molecule has 0 unspecified atom stereocenters. The van der Waals surface area contributed by atoms with Gasteiger partial charge in [-0.2, -0.15) is 0 Å². The van der Waals surface area contributed by atoms with E-state index in [4.69, 9.17) is 9.15 Å². The molecule has 1 aromatic heterocycles. The molecule has 7 nitrogen and oxygen atoms in total. The average molecular weight is 371 g/mol. The second kappa shape index (κ2) is 8.77. The zero-order valence-corrected chi connectivity index (χ0v) is 14.7. The van der Waals surface area contributed by atoms with Crippen molar-refractivity contribution >= 4 is 18.5 Å². The van der Waals surface area contributed by atoms with Gasteiger partial charge < -0.3 is 14.1 Å². The Balaban J connectivity index is 0.00000225. The van der Waals surface area contributed by atoms with Crippen LogP contribution in [0.1, 0.15) is 12.8 Å². The van der Waals surface area contributed by atoms with E-state index in [0.29, 0.717) is 50.8 Å². The van der Waals surface area contributed by atoms with Gasteiger partial charge in [0.05, 0.1) is 18.7 Å². The fourth-order valence-corrected chi connectivity index (χ4v) is 2.56. The van der Waals surface area contributed by atoms with Gasteiger partial charge in [0, 0.05) is 26.2 Å². The molecule has 1 saturated heterocycles. The van der Waals surface area contributed by atoms with Crippen LogP contribution in [0.15, 0.2) is 28.7 Å². The molecule has 1 amide bonds. The third-order valence-electron chi connectivity index (χ3n) is 3.83. The SMILES string of the molecule is CCOC(=O)N1CCN(Cc2nnc(-c3ccccc3F)o2)CC1.Cl.